The monoisotopic (exact) mass is 239 g/mol. The summed E-state index contributed by atoms with van der Waals surface area (Å²) in [5.74, 6) is 1.04. The summed E-state index contributed by atoms with van der Waals surface area (Å²) < 4.78 is 0. The quantitative estimate of drug-likeness (QED) is 0.534. The minimum absolute atomic E-state index is 0.810. The van der Waals surface area contributed by atoms with E-state index in [0.717, 1.165) is 18.5 Å². The van der Waals surface area contributed by atoms with Crippen LogP contribution < -0.4 is 5.32 Å². The van der Waals surface area contributed by atoms with Crippen molar-refractivity contribution in [2.45, 2.75) is 90.5 Å². The lowest BCUT2D eigenvalue weighted by Gasteiger charge is -2.21. The Morgan fingerprint density at radius 3 is 2.35 bits per heavy atom. The molecule has 1 rings (SSSR count). The summed E-state index contributed by atoms with van der Waals surface area (Å²) in [5.41, 5.74) is 0. The van der Waals surface area contributed by atoms with Gasteiger partial charge in [-0.2, -0.15) is 0 Å². The highest BCUT2D eigenvalue weighted by Gasteiger charge is 2.19. The fourth-order valence-corrected chi connectivity index (χ4v) is 3.23. The van der Waals surface area contributed by atoms with Gasteiger partial charge in [0.2, 0.25) is 0 Å². The number of rotatable bonds is 10. The average Bonchev–Trinajstić information content (AvgIpc) is 2.82. The minimum Gasteiger partial charge on any atom is -0.314 e. The Hall–Kier alpha value is -0.0400. The second-order valence-electron chi connectivity index (χ2n) is 5.84. The van der Waals surface area contributed by atoms with Crippen LogP contribution in [0.2, 0.25) is 0 Å². The largest absolute Gasteiger partial charge is 0.314 e. The van der Waals surface area contributed by atoms with Gasteiger partial charge in [-0.3, -0.25) is 0 Å². The van der Waals surface area contributed by atoms with E-state index in [1.165, 1.54) is 70.6 Å². The van der Waals surface area contributed by atoms with Crippen molar-refractivity contribution in [2.75, 3.05) is 6.54 Å². The van der Waals surface area contributed by atoms with E-state index < -0.39 is 0 Å². The molecule has 1 atom stereocenters. The smallest absolute Gasteiger partial charge is 0.00695 e. The third kappa shape index (κ3) is 7.08. The normalized spacial score (nSPS) is 18.7. The molecule has 0 saturated heterocycles. The van der Waals surface area contributed by atoms with E-state index >= 15 is 0 Å². The van der Waals surface area contributed by atoms with E-state index in [-0.39, 0.29) is 0 Å². The zero-order valence-corrected chi connectivity index (χ0v) is 12.1. The van der Waals surface area contributed by atoms with Crippen molar-refractivity contribution < 1.29 is 0 Å². The highest BCUT2D eigenvalue weighted by molar-refractivity contribution is 4.75. The molecular formula is C16H33N. The maximum Gasteiger partial charge on any atom is 0.00695 e. The maximum absolute atomic E-state index is 3.70. The lowest BCUT2D eigenvalue weighted by molar-refractivity contribution is 0.365. The molecule has 102 valence electrons. The van der Waals surface area contributed by atoms with Crippen molar-refractivity contribution in [1.82, 2.24) is 5.32 Å². The van der Waals surface area contributed by atoms with E-state index in [9.17, 15) is 0 Å². The van der Waals surface area contributed by atoms with Crippen molar-refractivity contribution in [1.29, 1.82) is 0 Å². The number of nitrogens with one attached hydrogen (secondary N) is 1. The zero-order valence-electron chi connectivity index (χ0n) is 12.1. The summed E-state index contributed by atoms with van der Waals surface area (Å²) in [5, 5.41) is 3.70. The average molecular weight is 239 g/mol. The molecule has 0 aromatic heterocycles. The lowest BCUT2D eigenvalue weighted by atomic mass is 9.94. The molecule has 1 aliphatic rings. The molecule has 0 radical (unpaired) electrons. The molecule has 0 amide bonds. The first-order chi connectivity index (χ1) is 8.36. The summed E-state index contributed by atoms with van der Waals surface area (Å²) in [6.45, 7) is 5.69. The maximum atomic E-state index is 3.70. The first-order valence-electron chi connectivity index (χ1n) is 8.10. The predicted molar refractivity (Wildman–Crippen MR) is 77.4 cm³/mol. The molecular weight excluding hydrogens is 206 g/mol. The molecule has 0 heterocycles. The zero-order chi connectivity index (χ0) is 12.3. The van der Waals surface area contributed by atoms with Gasteiger partial charge in [-0.25, -0.2) is 0 Å². The van der Waals surface area contributed by atoms with E-state index in [1.807, 2.05) is 0 Å². The summed E-state index contributed by atoms with van der Waals surface area (Å²) >= 11 is 0. The first-order valence-corrected chi connectivity index (χ1v) is 8.10. The van der Waals surface area contributed by atoms with Gasteiger partial charge in [0.05, 0.1) is 0 Å². The van der Waals surface area contributed by atoms with Gasteiger partial charge >= 0.3 is 0 Å². The van der Waals surface area contributed by atoms with Crippen LogP contribution >= 0.6 is 0 Å². The van der Waals surface area contributed by atoms with Crippen molar-refractivity contribution in [3.63, 3.8) is 0 Å². The van der Waals surface area contributed by atoms with Crippen LogP contribution in [0.25, 0.3) is 0 Å². The second kappa shape index (κ2) is 9.94. The van der Waals surface area contributed by atoms with Gasteiger partial charge in [-0.15, -0.1) is 0 Å². The molecule has 1 aliphatic carbocycles. The van der Waals surface area contributed by atoms with E-state index in [1.54, 1.807) is 0 Å². The van der Waals surface area contributed by atoms with Crippen LogP contribution in [0.3, 0.4) is 0 Å². The molecule has 1 nitrogen and oxygen atoms in total. The molecule has 1 saturated carbocycles. The van der Waals surface area contributed by atoms with Crippen LogP contribution in [0.4, 0.5) is 0 Å². The molecule has 1 heteroatoms. The van der Waals surface area contributed by atoms with E-state index in [0.29, 0.717) is 0 Å². The van der Waals surface area contributed by atoms with Crippen LogP contribution in [0.15, 0.2) is 0 Å². The van der Waals surface area contributed by atoms with Crippen LogP contribution in [-0.4, -0.2) is 12.6 Å². The summed E-state index contributed by atoms with van der Waals surface area (Å²) in [6.07, 6.45) is 15.9. The van der Waals surface area contributed by atoms with Crippen molar-refractivity contribution in [2.24, 2.45) is 5.92 Å². The van der Waals surface area contributed by atoms with Crippen LogP contribution in [0.1, 0.15) is 84.5 Å². The topological polar surface area (TPSA) is 12.0 Å². The van der Waals surface area contributed by atoms with Crippen molar-refractivity contribution >= 4 is 0 Å². The van der Waals surface area contributed by atoms with Gasteiger partial charge in [0.25, 0.3) is 0 Å². The molecule has 0 spiro atoms. The second-order valence-corrected chi connectivity index (χ2v) is 5.84. The first kappa shape index (κ1) is 15.0. The molecule has 0 aromatic rings. The number of hydrogen-bond donors (Lipinski definition) is 1. The van der Waals surface area contributed by atoms with Crippen LogP contribution in [0.5, 0.6) is 0 Å². The third-order valence-corrected chi connectivity index (χ3v) is 4.24. The molecule has 0 aromatic carbocycles. The van der Waals surface area contributed by atoms with Gasteiger partial charge in [0.15, 0.2) is 0 Å². The highest BCUT2D eigenvalue weighted by atomic mass is 14.9. The summed E-state index contributed by atoms with van der Waals surface area (Å²) in [6, 6.07) is 0.810. The van der Waals surface area contributed by atoms with Crippen molar-refractivity contribution in [3.05, 3.63) is 0 Å². The Labute approximate surface area is 109 Å². The van der Waals surface area contributed by atoms with Gasteiger partial charge < -0.3 is 5.32 Å². The third-order valence-electron chi connectivity index (χ3n) is 4.24. The minimum atomic E-state index is 0.810. The highest BCUT2D eigenvalue weighted by Crippen LogP contribution is 2.29. The Kier molecular flexibility index (Phi) is 8.78. The van der Waals surface area contributed by atoms with Gasteiger partial charge in [-0.1, -0.05) is 71.6 Å². The fourth-order valence-electron chi connectivity index (χ4n) is 3.23. The lowest BCUT2D eigenvalue weighted by Crippen LogP contribution is -2.30. The van der Waals surface area contributed by atoms with Gasteiger partial charge in [0, 0.05) is 6.04 Å². The van der Waals surface area contributed by atoms with E-state index in [4.69, 9.17) is 0 Å². The summed E-state index contributed by atoms with van der Waals surface area (Å²) in [4.78, 5) is 0. The van der Waals surface area contributed by atoms with Crippen LogP contribution in [0, 0.1) is 5.92 Å². The Balaban J connectivity index is 2.08. The van der Waals surface area contributed by atoms with Gasteiger partial charge in [-0.05, 0) is 25.3 Å². The Bertz CT molecular complexity index is 161. The molecule has 17 heavy (non-hydrogen) atoms. The van der Waals surface area contributed by atoms with Gasteiger partial charge in [0.1, 0.15) is 0 Å². The molecule has 1 fully saturated rings. The Morgan fingerprint density at radius 2 is 1.71 bits per heavy atom. The number of unbranched alkanes of at least 4 members (excludes halogenated alkanes) is 4. The molecule has 1 N–H and O–H groups in total. The molecule has 1 unspecified atom stereocenters. The standard InChI is InChI=1S/C16H33N/c1-3-5-6-7-8-13-16(17-4-2)14-15-11-9-10-12-15/h15-17H,3-14H2,1-2H3. The SMILES string of the molecule is CCCCCCCC(CC1CCCC1)NCC. The summed E-state index contributed by atoms with van der Waals surface area (Å²) in [7, 11) is 0. The molecule has 0 aliphatic heterocycles. The van der Waals surface area contributed by atoms with E-state index in [2.05, 4.69) is 19.2 Å². The fraction of sp³-hybridized carbons (Fsp3) is 1.00. The molecule has 0 bridgehead atoms. The van der Waals surface area contributed by atoms with Crippen LogP contribution in [-0.2, 0) is 0 Å². The van der Waals surface area contributed by atoms with Crippen molar-refractivity contribution in [3.8, 4) is 0 Å². The predicted octanol–water partition coefficient (Wildman–Crippen LogP) is 4.91. The Morgan fingerprint density at radius 1 is 1.00 bits per heavy atom. The number of hydrogen-bond acceptors (Lipinski definition) is 1.